The second-order valence-electron chi connectivity index (χ2n) is 8.33. The first-order valence-electron chi connectivity index (χ1n) is 11.4. The molecule has 184 valence electrons. The molecule has 0 aliphatic carbocycles. The van der Waals surface area contributed by atoms with Gasteiger partial charge in [-0.05, 0) is 73.9 Å². The number of amides is 1. The highest BCUT2D eigenvalue weighted by Crippen LogP contribution is 2.32. The van der Waals surface area contributed by atoms with Crippen molar-refractivity contribution in [3.63, 3.8) is 0 Å². The van der Waals surface area contributed by atoms with Crippen molar-refractivity contribution in [1.82, 2.24) is 0 Å². The highest BCUT2D eigenvalue weighted by atomic mass is 32.2. The van der Waals surface area contributed by atoms with Crippen molar-refractivity contribution < 1.29 is 22.3 Å². The number of piperidine rings is 1. The van der Waals surface area contributed by atoms with Gasteiger partial charge in [-0.1, -0.05) is 12.1 Å². The summed E-state index contributed by atoms with van der Waals surface area (Å²) in [5, 5.41) is 2.79. The van der Waals surface area contributed by atoms with Gasteiger partial charge in [-0.3, -0.25) is 9.10 Å². The molecule has 0 atom stereocenters. The lowest BCUT2D eigenvalue weighted by molar-refractivity contribution is 0.102. The number of benzene rings is 3. The molecule has 7 nitrogen and oxygen atoms in total. The molecule has 1 aliphatic heterocycles. The quantitative estimate of drug-likeness (QED) is 0.502. The molecule has 0 spiro atoms. The molecule has 3 aromatic rings. The van der Waals surface area contributed by atoms with E-state index in [0.29, 0.717) is 17.1 Å². The van der Waals surface area contributed by atoms with Crippen LogP contribution in [0.25, 0.3) is 0 Å². The molecule has 1 N–H and O–H groups in total. The van der Waals surface area contributed by atoms with Crippen LogP contribution < -0.4 is 19.3 Å². The molecule has 1 heterocycles. The summed E-state index contributed by atoms with van der Waals surface area (Å²) in [7, 11) is -0.969. The number of para-hydroxylation sites is 2. The molecule has 0 unspecified atom stereocenters. The van der Waals surface area contributed by atoms with Crippen LogP contribution in [0, 0.1) is 5.82 Å². The van der Waals surface area contributed by atoms with E-state index in [2.05, 4.69) is 10.2 Å². The molecule has 1 amide bonds. The number of hydrogen-bond acceptors (Lipinski definition) is 5. The predicted molar refractivity (Wildman–Crippen MR) is 135 cm³/mol. The molecule has 0 aromatic heterocycles. The first-order chi connectivity index (χ1) is 16.8. The van der Waals surface area contributed by atoms with Crippen LogP contribution in [0.15, 0.2) is 71.6 Å². The largest absolute Gasteiger partial charge is 0.495 e. The summed E-state index contributed by atoms with van der Waals surface area (Å²) in [6.45, 7) is 1.70. The van der Waals surface area contributed by atoms with Gasteiger partial charge in [-0.15, -0.1) is 0 Å². The van der Waals surface area contributed by atoms with Gasteiger partial charge >= 0.3 is 0 Å². The van der Waals surface area contributed by atoms with Gasteiger partial charge in [-0.25, -0.2) is 12.8 Å². The van der Waals surface area contributed by atoms with Crippen LogP contribution >= 0.6 is 0 Å². The number of sulfonamides is 1. The van der Waals surface area contributed by atoms with Crippen molar-refractivity contribution in [1.29, 1.82) is 0 Å². The molecular weight excluding hydrogens is 469 g/mol. The smallest absolute Gasteiger partial charge is 0.264 e. The fourth-order valence-electron chi connectivity index (χ4n) is 4.17. The molecule has 0 bridgehead atoms. The monoisotopic (exact) mass is 497 g/mol. The number of hydrogen-bond donors (Lipinski definition) is 1. The van der Waals surface area contributed by atoms with Crippen LogP contribution in [-0.4, -0.2) is 41.6 Å². The Labute approximate surface area is 205 Å². The Bertz CT molecular complexity index is 1310. The van der Waals surface area contributed by atoms with E-state index in [4.69, 9.17) is 4.74 Å². The standard InChI is InChI=1S/C26H28FN3O4S/c1-29(24-8-4-5-9-25(24)34-2)35(32,33)21-13-10-19(11-14-21)26(31)28-22-18-20(27)12-15-23(22)30-16-6-3-7-17-30/h4-5,8-15,18H,3,6-7,16-17H2,1-2H3,(H,28,31). The number of nitrogens with zero attached hydrogens (tertiary/aromatic N) is 2. The van der Waals surface area contributed by atoms with E-state index in [9.17, 15) is 17.6 Å². The third-order valence-corrected chi connectivity index (χ3v) is 7.89. The molecule has 4 rings (SSSR count). The molecule has 0 saturated carbocycles. The van der Waals surface area contributed by atoms with Crippen molar-refractivity contribution >= 4 is 33.0 Å². The van der Waals surface area contributed by atoms with Gasteiger partial charge < -0.3 is 15.0 Å². The summed E-state index contributed by atoms with van der Waals surface area (Å²) in [5.41, 5.74) is 1.83. The van der Waals surface area contributed by atoms with E-state index < -0.39 is 21.7 Å². The number of anilines is 3. The fourth-order valence-corrected chi connectivity index (χ4v) is 5.38. The van der Waals surface area contributed by atoms with Gasteiger partial charge in [0.05, 0.1) is 29.1 Å². The highest BCUT2D eigenvalue weighted by molar-refractivity contribution is 7.92. The third-order valence-electron chi connectivity index (χ3n) is 6.10. The zero-order chi connectivity index (χ0) is 25.0. The molecule has 9 heteroatoms. The van der Waals surface area contributed by atoms with Crippen molar-refractivity contribution in [3.8, 4) is 5.75 Å². The van der Waals surface area contributed by atoms with Crippen molar-refractivity contribution in [3.05, 3.63) is 78.1 Å². The van der Waals surface area contributed by atoms with E-state index in [-0.39, 0.29) is 10.5 Å². The highest BCUT2D eigenvalue weighted by Gasteiger charge is 2.24. The second kappa shape index (κ2) is 10.4. The Balaban J connectivity index is 1.54. The summed E-state index contributed by atoms with van der Waals surface area (Å²) in [5.74, 6) is -0.466. The summed E-state index contributed by atoms with van der Waals surface area (Å²) >= 11 is 0. The minimum Gasteiger partial charge on any atom is -0.495 e. The second-order valence-corrected chi connectivity index (χ2v) is 10.3. The SMILES string of the molecule is COc1ccccc1N(C)S(=O)(=O)c1ccc(C(=O)Nc2cc(F)ccc2N2CCCCC2)cc1. The number of carbonyl (C=O) groups excluding carboxylic acids is 1. The lowest BCUT2D eigenvalue weighted by atomic mass is 10.1. The fraction of sp³-hybridized carbons (Fsp3) is 0.269. The van der Waals surface area contributed by atoms with Crippen LogP contribution in [-0.2, 0) is 10.0 Å². The number of rotatable bonds is 7. The van der Waals surface area contributed by atoms with Crippen LogP contribution in [0.4, 0.5) is 21.5 Å². The minimum absolute atomic E-state index is 0.0298. The van der Waals surface area contributed by atoms with Gasteiger partial charge in [-0.2, -0.15) is 0 Å². The first-order valence-corrected chi connectivity index (χ1v) is 12.8. The van der Waals surface area contributed by atoms with Crippen molar-refractivity contribution in [2.75, 3.05) is 41.8 Å². The van der Waals surface area contributed by atoms with E-state index in [1.165, 1.54) is 50.6 Å². The number of nitrogens with one attached hydrogen (secondary N) is 1. The topological polar surface area (TPSA) is 78.9 Å². The maximum atomic E-state index is 14.0. The van der Waals surface area contributed by atoms with E-state index in [1.54, 1.807) is 30.3 Å². The van der Waals surface area contributed by atoms with E-state index >= 15 is 0 Å². The lowest BCUT2D eigenvalue weighted by Gasteiger charge is -2.30. The molecule has 1 aliphatic rings. The molecule has 3 aromatic carbocycles. The number of methoxy groups -OCH3 is 1. The van der Waals surface area contributed by atoms with Gasteiger partial charge in [0.25, 0.3) is 15.9 Å². The summed E-state index contributed by atoms with van der Waals surface area (Å²) < 4.78 is 46.7. The Morgan fingerprint density at radius 3 is 2.37 bits per heavy atom. The van der Waals surface area contributed by atoms with Crippen molar-refractivity contribution in [2.24, 2.45) is 0 Å². The Morgan fingerprint density at radius 2 is 1.69 bits per heavy atom. The average Bonchev–Trinajstić information content (AvgIpc) is 2.89. The van der Waals surface area contributed by atoms with Crippen LogP contribution in [0.1, 0.15) is 29.6 Å². The Kier molecular flexibility index (Phi) is 7.25. The summed E-state index contributed by atoms with van der Waals surface area (Å²) in [6, 6.07) is 16.8. The molecule has 1 saturated heterocycles. The zero-order valence-electron chi connectivity index (χ0n) is 19.7. The van der Waals surface area contributed by atoms with Crippen molar-refractivity contribution in [2.45, 2.75) is 24.2 Å². The summed E-state index contributed by atoms with van der Waals surface area (Å²) in [6.07, 6.45) is 3.24. The predicted octanol–water partition coefficient (Wildman–Crippen LogP) is 4.90. The normalized spacial score (nSPS) is 13.9. The maximum Gasteiger partial charge on any atom is 0.264 e. The number of halogens is 1. The Hall–Kier alpha value is -3.59. The van der Waals surface area contributed by atoms with Crippen LogP contribution in [0.2, 0.25) is 0 Å². The number of ether oxygens (including phenoxy) is 1. The first kappa shape index (κ1) is 24.5. The molecule has 0 radical (unpaired) electrons. The van der Waals surface area contributed by atoms with E-state index in [0.717, 1.165) is 42.3 Å². The Morgan fingerprint density at radius 1 is 1.00 bits per heavy atom. The lowest BCUT2D eigenvalue weighted by Crippen LogP contribution is -2.30. The molecule has 35 heavy (non-hydrogen) atoms. The maximum absolute atomic E-state index is 14.0. The van der Waals surface area contributed by atoms with Gasteiger partial charge in [0.2, 0.25) is 0 Å². The molecular formula is C26H28FN3O4S. The third kappa shape index (κ3) is 5.24. The van der Waals surface area contributed by atoms with E-state index in [1.807, 2.05) is 0 Å². The average molecular weight is 498 g/mol. The summed E-state index contributed by atoms with van der Waals surface area (Å²) in [4.78, 5) is 15.1. The number of carbonyl (C=O) groups is 1. The van der Waals surface area contributed by atoms with Crippen LogP contribution in [0.3, 0.4) is 0 Å². The minimum atomic E-state index is -3.89. The zero-order valence-corrected chi connectivity index (χ0v) is 20.5. The van der Waals surface area contributed by atoms with Gasteiger partial charge in [0, 0.05) is 25.7 Å². The van der Waals surface area contributed by atoms with Gasteiger partial charge in [0.1, 0.15) is 11.6 Å². The molecule has 1 fully saturated rings. The van der Waals surface area contributed by atoms with Crippen LogP contribution in [0.5, 0.6) is 5.75 Å². The van der Waals surface area contributed by atoms with Gasteiger partial charge in [0.15, 0.2) is 0 Å².